The summed E-state index contributed by atoms with van der Waals surface area (Å²) in [6.45, 7) is 1.86. The Kier molecular flexibility index (Phi) is 5.60. The standard InChI is InChI=1S/C24H17FN2O3S/c1-14-10-11-15(18-12-16-6-2-5-9-21(16)30-23(18)29)13-20(14)26-24(31)27-22(28)17-7-3-4-8-19(17)25/h2-13H,1H3,(H2,26,27,28,31). The first-order valence-electron chi connectivity index (χ1n) is 9.43. The van der Waals surface area contributed by atoms with Crippen molar-refractivity contribution in [2.75, 3.05) is 5.32 Å². The Labute approximate surface area is 182 Å². The highest BCUT2D eigenvalue weighted by Crippen LogP contribution is 2.26. The van der Waals surface area contributed by atoms with Crippen LogP contribution in [0.1, 0.15) is 15.9 Å². The fourth-order valence-corrected chi connectivity index (χ4v) is 3.36. The average Bonchev–Trinajstić information content (AvgIpc) is 2.75. The Morgan fingerprint density at radius 2 is 1.74 bits per heavy atom. The molecule has 31 heavy (non-hydrogen) atoms. The van der Waals surface area contributed by atoms with Crippen molar-refractivity contribution in [3.05, 3.63) is 100 Å². The van der Waals surface area contributed by atoms with Crippen LogP contribution in [0.2, 0.25) is 0 Å². The van der Waals surface area contributed by atoms with E-state index in [1.807, 2.05) is 31.2 Å². The molecule has 0 radical (unpaired) electrons. The molecule has 1 heterocycles. The summed E-state index contributed by atoms with van der Waals surface area (Å²) in [5.41, 5.74) is 2.44. The minimum atomic E-state index is -0.653. The van der Waals surface area contributed by atoms with Crippen molar-refractivity contribution in [3.8, 4) is 11.1 Å². The number of anilines is 1. The highest BCUT2D eigenvalue weighted by molar-refractivity contribution is 7.80. The van der Waals surface area contributed by atoms with Crippen LogP contribution in [0.4, 0.5) is 10.1 Å². The van der Waals surface area contributed by atoms with Crippen molar-refractivity contribution in [2.24, 2.45) is 0 Å². The number of hydrogen-bond acceptors (Lipinski definition) is 4. The van der Waals surface area contributed by atoms with Gasteiger partial charge in [-0.25, -0.2) is 9.18 Å². The quantitative estimate of drug-likeness (QED) is 0.351. The highest BCUT2D eigenvalue weighted by Gasteiger charge is 2.14. The molecule has 7 heteroatoms. The van der Waals surface area contributed by atoms with Gasteiger partial charge < -0.3 is 9.73 Å². The monoisotopic (exact) mass is 432 g/mol. The van der Waals surface area contributed by atoms with Gasteiger partial charge in [0.05, 0.1) is 11.1 Å². The van der Waals surface area contributed by atoms with E-state index in [9.17, 15) is 14.0 Å². The van der Waals surface area contributed by atoms with Crippen LogP contribution in [0.5, 0.6) is 0 Å². The minimum absolute atomic E-state index is 0.0130. The number of fused-ring (bicyclic) bond motifs is 1. The molecule has 0 saturated heterocycles. The van der Waals surface area contributed by atoms with E-state index in [0.29, 0.717) is 22.4 Å². The number of thiocarbonyl (C=S) groups is 1. The van der Waals surface area contributed by atoms with E-state index in [1.165, 1.54) is 18.2 Å². The minimum Gasteiger partial charge on any atom is -0.422 e. The Bertz CT molecular complexity index is 1380. The molecule has 0 saturated carbocycles. The molecule has 0 spiro atoms. The Morgan fingerprint density at radius 1 is 1.00 bits per heavy atom. The van der Waals surface area contributed by atoms with Gasteiger partial charge in [0, 0.05) is 11.1 Å². The predicted molar refractivity (Wildman–Crippen MR) is 123 cm³/mol. The van der Waals surface area contributed by atoms with Crippen molar-refractivity contribution in [3.63, 3.8) is 0 Å². The Morgan fingerprint density at radius 3 is 2.55 bits per heavy atom. The fourth-order valence-electron chi connectivity index (χ4n) is 3.16. The van der Waals surface area contributed by atoms with Crippen LogP contribution in [0.25, 0.3) is 22.1 Å². The maximum Gasteiger partial charge on any atom is 0.344 e. The highest BCUT2D eigenvalue weighted by atomic mass is 32.1. The lowest BCUT2D eigenvalue weighted by Crippen LogP contribution is -2.34. The second-order valence-electron chi connectivity index (χ2n) is 6.90. The molecule has 2 N–H and O–H groups in total. The SMILES string of the molecule is Cc1ccc(-c2cc3ccccc3oc2=O)cc1NC(=S)NC(=O)c1ccccc1F. The fraction of sp³-hybridized carbons (Fsp3) is 0.0417. The second kappa shape index (κ2) is 8.49. The Balaban J connectivity index is 1.59. The molecule has 1 amide bonds. The van der Waals surface area contributed by atoms with Crippen molar-refractivity contribution in [1.82, 2.24) is 5.32 Å². The molecule has 1 aromatic heterocycles. The van der Waals surface area contributed by atoms with Gasteiger partial charge in [0.2, 0.25) is 0 Å². The zero-order valence-electron chi connectivity index (χ0n) is 16.4. The van der Waals surface area contributed by atoms with Gasteiger partial charge >= 0.3 is 5.63 Å². The number of benzene rings is 3. The summed E-state index contributed by atoms with van der Waals surface area (Å²) in [7, 11) is 0. The molecule has 0 aliphatic carbocycles. The maximum absolute atomic E-state index is 13.8. The molecule has 4 aromatic rings. The third-order valence-corrected chi connectivity index (χ3v) is 4.99. The number of para-hydroxylation sites is 1. The lowest BCUT2D eigenvalue weighted by atomic mass is 10.0. The smallest absolute Gasteiger partial charge is 0.344 e. The number of rotatable bonds is 3. The lowest BCUT2D eigenvalue weighted by Gasteiger charge is -2.13. The van der Waals surface area contributed by atoms with Gasteiger partial charge in [-0.15, -0.1) is 0 Å². The van der Waals surface area contributed by atoms with E-state index in [-0.39, 0.29) is 10.7 Å². The Hall–Kier alpha value is -3.84. The number of nitrogens with one attached hydrogen (secondary N) is 2. The lowest BCUT2D eigenvalue weighted by molar-refractivity contribution is 0.0974. The van der Waals surface area contributed by atoms with Crippen LogP contribution in [-0.2, 0) is 0 Å². The molecule has 0 aliphatic heterocycles. The molecule has 154 valence electrons. The maximum atomic E-state index is 13.8. The summed E-state index contributed by atoms with van der Waals surface area (Å²) in [6, 6.07) is 20.1. The third kappa shape index (κ3) is 4.36. The van der Waals surface area contributed by atoms with Crippen LogP contribution in [-0.4, -0.2) is 11.0 Å². The van der Waals surface area contributed by atoms with E-state index < -0.39 is 17.3 Å². The first kappa shape index (κ1) is 20.4. The molecular weight excluding hydrogens is 415 g/mol. The van der Waals surface area contributed by atoms with E-state index in [0.717, 1.165) is 10.9 Å². The van der Waals surface area contributed by atoms with Gasteiger partial charge in [-0.05, 0) is 60.6 Å². The third-order valence-electron chi connectivity index (χ3n) is 4.78. The number of aryl methyl sites for hydroxylation is 1. The van der Waals surface area contributed by atoms with Crippen molar-refractivity contribution >= 4 is 39.9 Å². The summed E-state index contributed by atoms with van der Waals surface area (Å²) in [5, 5.41) is 6.23. The molecule has 0 aliphatic rings. The normalized spacial score (nSPS) is 10.6. The van der Waals surface area contributed by atoms with Gasteiger partial charge in [0.15, 0.2) is 5.11 Å². The van der Waals surface area contributed by atoms with E-state index in [4.69, 9.17) is 16.6 Å². The second-order valence-corrected chi connectivity index (χ2v) is 7.31. The van der Waals surface area contributed by atoms with Gasteiger partial charge in [0.1, 0.15) is 11.4 Å². The topological polar surface area (TPSA) is 71.3 Å². The van der Waals surface area contributed by atoms with Crippen LogP contribution >= 0.6 is 12.2 Å². The first-order valence-corrected chi connectivity index (χ1v) is 9.84. The number of amides is 1. The number of hydrogen-bond donors (Lipinski definition) is 2. The molecule has 0 unspecified atom stereocenters. The molecular formula is C24H17FN2O3S. The van der Waals surface area contributed by atoms with Crippen molar-refractivity contribution in [2.45, 2.75) is 6.92 Å². The zero-order valence-corrected chi connectivity index (χ0v) is 17.3. The molecule has 3 aromatic carbocycles. The van der Waals surface area contributed by atoms with Gasteiger partial charge in [0.25, 0.3) is 5.91 Å². The van der Waals surface area contributed by atoms with Crippen molar-refractivity contribution in [1.29, 1.82) is 0 Å². The van der Waals surface area contributed by atoms with Crippen LogP contribution in [0.15, 0.2) is 82.0 Å². The van der Waals surface area contributed by atoms with Gasteiger partial charge in [-0.2, -0.15) is 0 Å². The number of halogens is 1. The van der Waals surface area contributed by atoms with Crippen LogP contribution in [0.3, 0.4) is 0 Å². The molecule has 0 bridgehead atoms. The summed E-state index contributed by atoms with van der Waals surface area (Å²) in [5.74, 6) is -1.29. The summed E-state index contributed by atoms with van der Waals surface area (Å²) < 4.78 is 19.2. The number of carbonyl (C=O) groups excluding carboxylic acids is 1. The number of carbonyl (C=O) groups is 1. The summed E-state index contributed by atoms with van der Waals surface area (Å²) >= 11 is 5.22. The summed E-state index contributed by atoms with van der Waals surface area (Å²) in [4.78, 5) is 24.8. The van der Waals surface area contributed by atoms with Crippen LogP contribution < -0.4 is 16.3 Å². The molecule has 0 atom stereocenters. The van der Waals surface area contributed by atoms with Gasteiger partial charge in [-0.1, -0.05) is 42.5 Å². The largest absolute Gasteiger partial charge is 0.422 e. The molecule has 4 rings (SSSR count). The van der Waals surface area contributed by atoms with Crippen LogP contribution in [0, 0.1) is 12.7 Å². The van der Waals surface area contributed by atoms with Crippen molar-refractivity contribution < 1.29 is 13.6 Å². The first-order chi connectivity index (χ1) is 14.9. The molecule has 0 fully saturated rings. The predicted octanol–water partition coefficient (Wildman–Crippen LogP) is 5.03. The van der Waals surface area contributed by atoms with Gasteiger partial charge in [-0.3, -0.25) is 10.1 Å². The summed E-state index contributed by atoms with van der Waals surface area (Å²) in [6.07, 6.45) is 0. The van der Waals surface area contributed by atoms with E-state index in [2.05, 4.69) is 10.6 Å². The zero-order chi connectivity index (χ0) is 22.0. The van der Waals surface area contributed by atoms with E-state index in [1.54, 1.807) is 30.3 Å². The molecule has 5 nitrogen and oxygen atoms in total. The van der Waals surface area contributed by atoms with E-state index >= 15 is 0 Å². The average molecular weight is 432 g/mol.